The highest BCUT2D eigenvalue weighted by Gasteiger charge is 2.06. The van der Waals surface area contributed by atoms with Gasteiger partial charge < -0.3 is 20.3 Å². The average molecular weight is 271 g/mol. The molecular weight excluding hydrogens is 250 g/mol. The van der Waals surface area contributed by atoms with Crippen LogP contribution in [0.15, 0.2) is 29.2 Å². The summed E-state index contributed by atoms with van der Waals surface area (Å²) >= 11 is 1.56. The Morgan fingerprint density at radius 1 is 1.39 bits per heavy atom. The Kier molecular flexibility index (Phi) is 8.04. The van der Waals surface area contributed by atoms with Crippen molar-refractivity contribution in [3.63, 3.8) is 0 Å². The topological polar surface area (TPSA) is 61.7 Å². The number of aliphatic hydroxyl groups is 2. The molecule has 0 radical (unpaired) electrons. The first kappa shape index (κ1) is 15.5. The highest BCUT2D eigenvalue weighted by atomic mass is 32.2. The summed E-state index contributed by atoms with van der Waals surface area (Å²) in [5, 5.41) is 21.4. The van der Waals surface area contributed by atoms with Crippen LogP contribution in [-0.2, 0) is 11.3 Å². The summed E-state index contributed by atoms with van der Waals surface area (Å²) in [5.41, 5.74) is 1.20. The first-order chi connectivity index (χ1) is 8.77. The minimum absolute atomic E-state index is 0.193. The molecule has 1 unspecified atom stereocenters. The molecule has 0 heterocycles. The minimum Gasteiger partial charge on any atom is -0.394 e. The molecule has 0 aliphatic heterocycles. The molecule has 0 saturated carbocycles. The van der Waals surface area contributed by atoms with Gasteiger partial charge in [0.05, 0.1) is 19.3 Å². The Bertz CT molecular complexity index is 336. The summed E-state index contributed by atoms with van der Waals surface area (Å²) in [7, 11) is 1.68. The number of ether oxygens (including phenoxy) is 1. The number of nitrogens with one attached hydrogen (secondary N) is 1. The van der Waals surface area contributed by atoms with Crippen LogP contribution in [0.3, 0.4) is 0 Å². The van der Waals surface area contributed by atoms with Crippen molar-refractivity contribution in [2.24, 2.45) is 0 Å². The number of thioether (sulfide) groups is 1. The van der Waals surface area contributed by atoms with Crippen molar-refractivity contribution in [3.05, 3.63) is 29.8 Å². The molecule has 102 valence electrons. The molecular formula is C13H21NO3S. The molecule has 0 saturated heterocycles. The molecule has 1 aromatic carbocycles. The molecule has 5 heteroatoms. The molecule has 0 bridgehead atoms. The van der Waals surface area contributed by atoms with E-state index in [1.54, 1.807) is 18.9 Å². The zero-order valence-electron chi connectivity index (χ0n) is 10.6. The molecule has 0 fully saturated rings. The largest absolute Gasteiger partial charge is 0.394 e. The first-order valence-corrected chi connectivity index (χ1v) is 6.95. The molecule has 0 aliphatic rings. The van der Waals surface area contributed by atoms with Gasteiger partial charge in [-0.1, -0.05) is 18.2 Å². The molecule has 0 aromatic heterocycles. The number of hydrogen-bond donors (Lipinski definition) is 3. The molecule has 3 N–H and O–H groups in total. The van der Waals surface area contributed by atoms with Gasteiger partial charge in [-0.3, -0.25) is 0 Å². The SMILES string of the molecule is COCCNCc1ccccc1SCC(O)CO. The predicted molar refractivity (Wildman–Crippen MR) is 73.8 cm³/mol. The van der Waals surface area contributed by atoms with Crippen molar-refractivity contribution in [1.29, 1.82) is 0 Å². The highest BCUT2D eigenvalue weighted by Crippen LogP contribution is 2.23. The van der Waals surface area contributed by atoms with E-state index in [0.29, 0.717) is 12.4 Å². The number of hydrogen-bond acceptors (Lipinski definition) is 5. The van der Waals surface area contributed by atoms with Gasteiger partial charge in [-0.05, 0) is 11.6 Å². The van der Waals surface area contributed by atoms with Gasteiger partial charge in [-0.15, -0.1) is 11.8 Å². The average Bonchev–Trinajstić information content (AvgIpc) is 2.42. The molecule has 0 aliphatic carbocycles. The van der Waals surface area contributed by atoms with Crippen molar-refractivity contribution in [2.75, 3.05) is 32.6 Å². The molecule has 1 rings (SSSR count). The van der Waals surface area contributed by atoms with E-state index in [2.05, 4.69) is 11.4 Å². The van der Waals surface area contributed by atoms with Crippen LogP contribution >= 0.6 is 11.8 Å². The monoisotopic (exact) mass is 271 g/mol. The Balaban J connectivity index is 2.45. The lowest BCUT2D eigenvalue weighted by atomic mass is 10.2. The maximum absolute atomic E-state index is 9.35. The lowest BCUT2D eigenvalue weighted by Crippen LogP contribution is -2.19. The maximum Gasteiger partial charge on any atom is 0.0864 e. The summed E-state index contributed by atoms with van der Waals surface area (Å²) in [6.07, 6.45) is -0.662. The van der Waals surface area contributed by atoms with Gasteiger partial charge in [0.15, 0.2) is 0 Å². The third-order valence-electron chi connectivity index (χ3n) is 2.41. The fraction of sp³-hybridized carbons (Fsp3) is 0.538. The Morgan fingerprint density at radius 3 is 2.89 bits per heavy atom. The molecule has 18 heavy (non-hydrogen) atoms. The molecule has 4 nitrogen and oxygen atoms in total. The van der Waals surface area contributed by atoms with Gasteiger partial charge in [0.2, 0.25) is 0 Å². The van der Waals surface area contributed by atoms with Crippen molar-refractivity contribution < 1.29 is 14.9 Å². The van der Waals surface area contributed by atoms with Crippen LogP contribution in [0.25, 0.3) is 0 Å². The van der Waals surface area contributed by atoms with Crippen LogP contribution in [-0.4, -0.2) is 48.9 Å². The van der Waals surface area contributed by atoms with Crippen LogP contribution in [0.1, 0.15) is 5.56 Å². The van der Waals surface area contributed by atoms with Gasteiger partial charge in [0.1, 0.15) is 0 Å². The number of aliphatic hydroxyl groups excluding tert-OH is 2. The van der Waals surface area contributed by atoms with Crippen LogP contribution in [0.4, 0.5) is 0 Å². The molecule has 1 aromatic rings. The minimum atomic E-state index is -0.662. The third-order valence-corrected chi connectivity index (χ3v) is 3.67. The maximum atomic E-state index is 9.35. The Morgan fingerprint density at radius 2 is 2.17 bits per heavy atom. The Labute approximate surface area is 112 Å². The van der Waals surface area contributed by atoms with E-state index in [0.717, 1.165) is 18.0 Å². The third kappa shape index (κ3) is 5.84. The van der Waals surface area contributed by atoms with E-state index in [9.17, 15) is 5.11 Å². The van der Waals surface area contributed by atoms with Gasteiger partial charge >= 0.3 is 0 Å². The summed E-state index contributed by atoms with van der Waals surface area (Å²) in [6.45, 7) is 2.09. The predicted octanol–water partition coefficient (Wildman–Crippen LogP) is 0.868. The summed E-state index contributed by atoms with van der Waals surface area (Å²) < 4.78 is 4.97. The van der Waals surface area contributed by atoms with Gasteiger partial charge in [-0.25, -0.2) is 0 Å². The normalized spacial score (nSPS) is 12.6. The van der Waals surface area contributed by atoms with E-state index < -0.39 is 6.10 Å². The smallest absolute Gasteiger partial charge is 0.0864 e. The zero-order chi connectivity index (χ0) is 13.2. The zero-order valence-corrected chi connectivity index (χ0v) is 11.4. The van der Waals surface area contributed by atoms with Crippen LogP contribution in [0, 0.1) is 0 Å². The van der Waals surface area contributed by atoms with E-state index >= 15 is 0 Å². The van der Waals surface area contributed by atoms with Crippen molar-refractivity contribution >= 4 is 11.8 Å². The van der Waals surface area contributed by atoms with Gasteiger partial charge in [0, 0.05) is 30.8 Å². The van der Waals surface area contributed by atoms with Crippen molar-refractivity contribution in [3.8, 4) is 0 Å². The standard InChI is InChI=1S/C13H21NO3S/c1-17-7-6-14-8-11-4-2-3-5-13(11)18-10-12(16)9-15/h2-5,12,14-16H,6-10H2,1H3. The summed E-state index contributed by atoms with van der Waals surface area (Å²) in [6, 6.07) is 8.07. The van der Waals surface area contributed by atoms with E-state index in [1.807, 2.05) is 18.2 Å². The van der Waals surface area contributed by atoms with E-state index in [-0.39, 0.29) is 6.61 Å². The number of rotatable bonds is 9. The Hall–Kier alpha value is -0.590. The fourth-order valence-electron chi connectivity index (χ4n) is 1.43. The number of benzene rings is 1. The summed E-state index contributed by atoms with van der Waals surface area (Å²) in [5.74, 6) is 0.506. The van der Waals surface area contributed by atoms with Crippen molar-refractivity contribution in [2.45, 2.75) is 17.5 Å². The van der Waals surface area contributed by atoms with Gasteiger partial charge in [-0.2, -0.15) is 0 Å². The van der Waals surface area contributed by atoms with Crippen molar-refractivity contribution in [1.82, 2.24) is 5.32 Å². The fourth-order valence-corrected chi connectivity index (χ4v) is 2.40. The first-order valence-electron chi connectivity index (χ1n) is 5.97. The lowest BCUT2D eigenvalue weighted by Gasteiger charge is -2.11. The molecule has 0 spiro atoms. The molecule has 1 atom stereocenters. The highest BCUT2D eigenvalue weighted by molar-refractivity contribution is 7.99. The van der Waals surface area contributed by atoms with Crippen LogP contribution in [0.5, 0.6) is 0 Å². The summed E-state index contributed by atoms with van der Waals surface area (Å²) in [4.78, 5) is 1.13. The van der Waals surface area contributed by atoms with E-state index in [4.69, 9.17) is 9.84 Å². The van der Waals surface area contributed by atoms with Gasteiger partial charge in [0.25, 0.3) is 0 Å². The second-order valence-corrected chi connectivity index (χ2v) is 4.99. The van der Waals surface area contributed by atoms with E-state index in [1.165, 1.54) is 5.56 Å². The van der Waals surface area contributed by atoms with Crippen LogP contribution < -0.4 is 5.32 Å². The molecule has 0 amide bonds. The quantitative estimate of drug-likeness (QED) is 0.459. The van der Waals surface area contributed by atoms with Crippen LogP contribution in [0.2, 0.25) is 0 Å². The second-order valence-electron chi connectivity index (χ2n) is 3.92. The second kappa shape index (κ2) is 9.35. The lowest BCUT2D eigenvalue weighted by molar-refractivity contribution is 0.113. The number of methoxy groups -OCH3 is 1.